The third kappa shape index (κ3) is 2.89. The molecular weight excluding hydrogens is 214 g/mol. The fourth-order valence-corrected chi connectivity index (χ4v) is 2.46. The second kappa shape index (κ2) is 3.84. The molecule has 1 aromatic heterocycles. The molecule has 1 unspecified atom stereocenters. The van der Waals surface area contributed by atoms with E-state index in [4.69, 9.17) is 4.42 Å². The third-order valence-electron chi connectivity index (χ3n) is 3.15. The molecule has 1 atom stereocenters. The van der Waals surface area contributed by atoms with Gasteiger partial charge in [-0.1, -0.05) is 34.6 Å². The number of aliphatic hydroxyl groups is 1. The molecule has 0 fully saturated rings. The topological polar surface area (TPSA) is 46.3 Å². The zero-order valence-electron chi connectivity index (χ0n) is 11.5. The standard InChI is InChI=1S/C14H23NO2/c1-13(2,3)8-11-15-12-9(16)6-14(4,5)7-10(12)17-11/h9,16H,6-8H2,1-5H3. The Balaban J connectivity index is 2.27. The summed E-state index contributed by atoms with van der Waals surface area (Å²) in [6.07, 6.45) is 1.98. The van der Waals surface area contributed by atoms with Crippen molar-refractivity contribution in [2.75, 3.05) is 0 Å². The van der Waals surface area contributed by atoms with Crippen LogP contribution in [-0.2, 0) is 12.8 Å². The van der Waals surface area contributed by atoms with Crippen molar-refractivity contribution in [3.63, 3.8) is 0 Å². The van der Waals surface area contributed by atoms with Crippen LogP contribution >= 0.6 is 0 Å². The molecule has 0 spiro atoms. The Kier molecular flexibility index (Phi) is 2.85. The summed E-state index contributed by atoms with van der Waals surface area (Å²) in [4.78, 5) is 4.47. The van der Waals surface area contributed by atoms with Crippen LogP contribution in [0.5, 0.6) is 0 Å². The molecule has 1 N–H and O–H groups in total. The van der Waals surface area contributed by atoms with Crippen LogP contribution < -0.4 is 0 Å². The molecule has 1 aliphatic rings. The van der Waals surface area contributed by atoms with E-state index in [-0.39, 0.29) is 10.8 Å². The highest BCUT2D eigenvalue weighted by molar-refractivity contribution is 5.19. The summed E-state index contributed by atoms with van der Waals surface area (Å²) in [5.41, 5.74) is 1.03. The minimum Gasteiger partial charge on any atom is -0.445 e. The van der Waals surface area contributed by atoms with E-state index in [0.29, 0.717) is 0 Å². The van der Waals surface area contributed by atoms with Crippen LogP contribution in [0.15, 0.2) is 4.42 Å². The van der Waals surface area contributed by atoms with Crippen LogP contribution in [0.3, 0.4) is 0 Å². The highest BCUT2D eigenvalue weighted by Crippen LogP contribution is 2.41. The molecule has 96 valence electrons. The van der Waals surface area contributed by atoms with Gasteiger partial charge in [0.25, 0.3) is 0 Å². The number of fused-ring (bicyclic) bond motifs is 1. The van der Waals surface area contributed by atoms with E-state index in [1.165, 1.54) is 0 Å². The lowest BCUT2D eigenvalue weighted by Gasteiger charge is -2.30. The Hall–Kier alpha value is -0.830. The summed E-state index contributed by atoms with van der Waals surface area (Å²) in [6.45, 7) is 10.8. The van der Waals surface area contributed by atoms with Gasteiger partial charge in [0.15, 0.2) is 5.89 Å². The summed E-state index contributed by atoms with van der Waals surface area (Å²) in [5.74, 6) is 1.65. The maximum Gasteiger partial charge on any atom is 0.195 e. The largest absolute Gasteiger partial charge is 0.445 e. The summed E-state index contributed by atoms with van der Waals surface area (Å²) < 4.78 is 5.82. The van der Waals surface area contributed by atoms with Crippen LogP contribution in [0, 0.1) is 10.8 Å². The van der Waals surface area contributed by atoms with E-state index in [2.05, 4.69) is 39.6 Å². The van der Waals surface area contributed by atoms with E-state index >= 15 is 0 Å². The summed E-state index contributed by atoms with van der Waals surface area (Å²) in [6, 6.07) is 0. The van der Waals surface area contributed by atoms with Gasteiger partial charge >= 0.3 is 0 Å². The Bertz CT molecular complexity index is 412. The molecule has 1 aromatic rings. The quantitative estimate of drug-likeness (QED) is 0.815. The third-order valence-corrected chi connectivity index (χ3v) is 3.15. The minimum atomic E-state index is -0.466. The highest BCUT2D eigenvalue weighted by Gasteiger charge is 2.35. The van der Waals surface area contributed by atoms with Crippen molar-refractivity contribution < 1.29 is 9.52 Å². The van der Waals surface area contributed by atoms with Crippen molar-refractivity contribution in [1.82, 2.24) is 4.98 Å². The smallest absolute Gasteiger partial charge is 0.195 e. The van der Waals surface area contributed by atoms with Crippen LogP contribution in [0.1, 0.15) is 64.5 Å². The van der Waals surface area contributed by atoms with Crippen LogP contribution in [-0.4, -0.2) is 10.1 Å². The monoisotopic (exact) mass is 237 g/mol. The number of aliphatic hydroxyl groups excluding tert-OH is 1. The molecule has 0 aromatic carbocycles. The lowest BCUT2D eigenvalue weighted by atomic mass is 9.77. The Morgan fingerprint density at radius 3 is 2.65 bits per heavy atom. The van der Waals surface area contributed by atoms with Gasteiger partial charge in [0.2, 0.25) is 0 Å². The maximum atomic E-state index is 10.1. The fraction of sp³-hybridized carbons (Fsp3) is 0.786. The molecule has 3 heteroatoms. The van der Waals surface area contributed by atoms with Gasteiger partial charge < -0.3 is 9.52 Å². The van der Waals surface area contributed by atoms with Crippen molar-refractivity contribution in [3.05, 3.63) is 17.3 Å². The first kappa shape index (κ1) is 12.6. The highest BCUT2D eigenvalue weighted by atomic mass is 16.4. The first-order valence-corrected chi connectivity index (χ1v) is 6.33. The van der Waals surface area contributed by atoms with Crippen LogP contribution in [0.25, 0.3) is 0 Å². The molecule has 1 aliphatic carbocycles. The number of nitrogens with zero attached hydrogens (tertiary/aromatic N) is 1. The Labute approximate surface area is 103 Å². The van der Waals surface area contributed by atoms with Gasteiger partial charge in [0, 0.05) is 12.8 Å². The second-order valence-corrected chi connectivity index (χ2v) is 7.21. The van der Waals surface area contributed by atoms with Gasteiger partial charge in [0.1, 0.15) is 17.6 Å². The SMILES string of the molecule is CC(C)(C)Cc1nc2c(o1)CC(C)(C)CC2O. The maximum absolute atomic E-state index is 10.1. The van der Waals surface area contributed by atoms with Crippen molar-refractivity contribution in [2.24, 2.45) is 10.8 Å². The van der Waals surface area contributed by atoms with Crippen LogP contribution in [0.2, 0.25) is 0 Å². The average Bonchev–Trinajstić information content (AvgIpc) is 2.41. The normalized spacial score (nSPS) is 23.5. The lowest BCUT2D eigenvalue weighted by molar-refractivity contribution is 0.0904. The predicted molar refractivity (Wildman–Crippen MR) is 66.7 cm³/mol. The summed E-state index contributed by atoms with van der Waals surface area (Å²) in [7, 11) is 0. The summed E-state index contributed by atoms with van der Waals surface area (Å²) in [5, 5.41) is 10.1. The number of oxazole rings is 1. The Morgan fingerprint density at radius 1 is 1.41 bits per heavy atom. The van der Waals surface area contributed by atoms with Gasteiger partial charge in [-0.15, -0.1) is 0 Å². The molecule has 0 saturated heterocycles. The first-order chi connectivity index (χ1) is 7.66. The number of hydrogen-bond acceptors (Lipinski definition) is 3. The van der Waals surface area contributed by atoms with Crippen molar-refractivity contribution in [3.8, 4) is 0 Å². The van der Waals surface area contributed by atoms with Crippen molar-refractivity contribution in [2.45, 2.75) is 60.0 Å². The van der Waals surface area contributed by atoms with E-state index in [1.807, 2.05) is 0 Å². The molecule has 1 heterocycles. The molecule has 0 radical (unpaired) electrons. The zero-order chi connectivity index (χ0) is 12.8. The average molecular weight is 237 g/mol. The fourth-order valence-electron chi connectivity index (χ4n) is 2.46. The van der Waals surface area contributed by atoms with Crippen molar-refractivity contribution >= 4 is 0 Å². The number of hydrogen-bond donors (Lipinski definition) is 1. The van der Waals surface area contributed by atoms with Gasteiger partial charge in [-0.2, -0.15) is 0 Å². The number of aromatic nitrogens is 1. The van der Waals surface area contributed by atoms with Crippen LogP contribution in [0.4, 0.5) is 0 Å². The first-order valence-electron chi connectivity index (χ1n) is 6.33. The molecule has 3 nitrogen and oxygen atoms in total. The van der Waals surface area contributed by atoms with Crippen molar-refractivity contribution in [1.29, 1.82) is 0 Å². The molecule has 0 aliphatic heterocycles. The Morgan fingerprint density at radius 2 is 2.06 bits per heavy atom. The van der Waals surface area contributed by atoms with Gasteiger partial charge in [0.05, 0.1) is 0 Å². The van der Waals surface area contributed by atoms with E-state index in [9.17, 15) is 5.11 Å². The lowest BCUT2D eigenvalue weighted by Crippen LogP contribution is -2.24. The minimum absolute atomic E-state index is 0.102. The van der Waals surface area contributed by atoms with E-state index < -0.39 is 6.10 Å². The molecule has 0 amide bonds. The molecule has 0 saturated carbocycles. The molecular formula is C14H23NO2. The van der Waals surface area contributed by atoms with Gasteiger partial charge in [-0.05, 0) is 17.3 Å². The van der Waals surface area contributed by atoms with Gasteiger partial charge in [-0.25, -0.2) is 4.98 Å². The summed E-state index contributed by atoms with van der Waals surface area (Å²) >= 11 is 0. The molecule has 2 rings (SSSR count). The van der Waals surface area contributed by atoms with E-state index in [1.54, 1.807) is 0 Å². The number of rotatable bonds is 1. The van der Waals surface area contributed by atoms with Gasteiger partial charge in [-0.3, -0.25) is 0 Å². The second-order valence-electron chi connectivity index (χ2n) is 7.21. The predicted octanol–water partition coefficient (Wildman–Crippen LogP) is 3.27. The zero-order valence-corrected chi connectivity index (χ0v) is 11.5. The molecule has 0 bridgehead atoms. The van der Waals surface area contributed by atoms with E-state index in [0.717, 1.165) is 36.6 Å². The molecule has 17 heavy (non-hydrogen) atoms.